The van der Waals surface area contributed by atoms with Crippen molar-refractivity contribution in [2.24, 2.45) is 5.73 Å². The Balaban J connectivity index is 2.64. The maximum Gasteiger partial charge on any atom is 0.255 e. The quantitative estimate of drug-likeness (QED) is 0.828. The number of hydrogen-bond donors (Lipinski definition) is 1. The van der Waals surface area contributed by atoms with E-state index in [0.717, 1.165) is 0 Å². The van der Waals surface area contributed by atoms with Gasteiger partial charge in [-0.15, -0.1) is 0 Å². The minimum Gasteiger partial charge on any atom is -0.326 e. The Bertz CT molecular complexity index is 450. The molecule has 0 unspecified atom stereocenters. The summed E-state index contributed by atoms with van der Waals surface area (Å²) in [6.07, 6.45) is 2.41. The molecule has 1 aromatic rings. The van der Waals surface area contributed by atoms with E-state index in [0.29, 0.717) is 18.0 Å². The zero-order valence-corrected chi connectivity index (χ0v) is 10.3. The number of pyridine rings is 1. The van der Waals surface area contributed by atoms with Crippen molar-refractivity contribution < 1.29 is 0 Å². The third-order valence-electron chi connectivity index (χ3n) is 3.08. The Morgan fingerprint density at radius 1 is 1.38 bits per heavy atom. The van der Waals surface area contributed by atoms with Crippen molar-refractivity contribution >= 4 is 0 Å². The highest BCUT2D eigenvalue weighted by Gasteiger charge is 2.30. The molecule has 0 saturated heterocycles. The van der Waals surface area contributed by atoms with Crippen molar-refractivity contribution in [1.29, 1.82) is 0 Å². The molecule has 0 spiro atoms. The summed E-state index contributed by atoms with van der Waals surface area (Å²) in [6.45, 7) is 6.53. The molecule has 1 aliphatic rings. The lowest BCUT2D eigenvalue weighted by Gasteiger charge is -2.27. The summed E-state index contributed by atoms with van der Waals surface area (Å²) in [5, 5.41) is 0. The van der Waals surface area contributed by atoms with E-state index in [4.69, 9.17) is 5.73 Å². The van der Waals surface area contributed by atoms with Gasteiger partial charge in [0.2, 0.25) is 0 Å². The molecule has 0 bridgehead atoms. The van der Waals surface area contributed by atoms with Gasteiger partial charge < -0.3 is 10.3 Å². The largest absolute Gasteiger partial charge is 0.326 e. The van der Waals surface area contributed by atoms with E-state index in [9.17, 15) is 4.79 Å². The Hall–Kier alpha value is -1.09. The molecule has 3 nitrogen and oxygen atoms in total. The van der Waals surface area contributed by atoms with E-state index in [1.54, 1.807) is 0 Å². The first-order valence-electron chi connectivity index (χ1n) is 5.90. The van der Waals surface area contributed by atoms with Gasteiger partial charge in [0, 0.05) is 23.3 Å². The van der Waals surface area contributed by atoms with Crippen LogP contribution in [0.2, 0.25) is 0 Å². The van der Waals surface area contributed by atoms with Crippen LogP contribution >= 0.6 is 0 Å². The second-order valence-corrected chi connectivity index (χ2v) is 5.57. The van der Waals surface area contributed by atoms with Gasteiger partial charge in [0.15, 0.2) is 0 Å². The molecule has 2 rings (SSSR count). The van der Waals surface area contributed by atoms with Crippen LogP contribution in [0.1, 0.15) is 50.8 Å². The van der Waals surface area contributed by atoms with E-state index in [1.807, 2.05) is 10.6 Å². The summed E-state index contributed by atoms with van der Waals surface area (Å²) >= 11 is 0. The van der Waals surface area contributed by atoms with E-state index in [2.05, 4.69) is 26.8 Å². The fourth-order valence-electron chi connectivity index (χ4n) is 2.14. The first-order chi connectivity index (χ1) is 7.45. The normalized spacial score (nSPS) is 16.5. The van der Waals surface area contributed by atoms with Crippen molar-refractivity contribution in [3.63, 3.8) is 0 Å². The third-order valence-corrected chi connectivity index (χ3v) is 3.08. The van der Waals surface area contributed by atoms with Crippen LogP contribution in [-0.2, 0) is 12.1 Å². The van der Waals surface area contributed by atoms with Crippen molar-refractivity contribution in [2.45, 2.75) is 51.6 Å². The maximum absolute atomic E-state index is 12.3. The summed E-state index contributed by atoms with van der Waals surface area (Å²) in [5.74, 6) is 0.582. The zero-order chi connectivity index (χ0) is 11.9. The molecule has 2 N–H and O–H groups in total. The summed E-state index contributed by atoms with van der Waals surface area (Å²) in [7, 11) is 0. The zero-order valence-electron chi connectivity index (χ0n) is 10.3. The number of aromatic nitrogens is 1. The van der Waals surface area contributed by atoms with E-state index >= 15 is 0 Å². The van der Waals surface area contributed by atoms with Crippen LogP contribution in [0.4, 0.5) is 0 Å². The van der Waals surface area contributed by atoms with Crippen LogP contribution in [-0.4, -0.2) is 4.57 Å². The molecule has 16 heavy (non-hydrogen) atoms. The molecular weight excluding hydrogens is 200 g/mol. The standard InChI is InChI=1S/C13H20N2O/c1-13(2,3)15-11(9-4-5-9)7-6-10(8-14)12(15)16/h6-7,9H,4-5,8,14H2,1-3H3. The molecule has 0 radical (unpaired) electrons. The number of nitrogens with two attached hydrogens (primary N) is 1. The van der Waals surface area contributed by atoms with E-state index < -0.39 is 0 Å². The minimum absolute atomic E-state index is 0.0828. The van der Waals surface area contributed by atoms with Crippen LogP contribution in [0.15, 0.2) is 16.9 Å². The molecule has 1 saturated carbocycles. The Kier molecular flexibility index (Phi) is 2.66. The summed E-state index contributed by atoms with van der Waals surface area (Å²) < 4.78 is 1.92. The number of hydrogen-bond acceptors (Lipinski definition) is 2. The van der Waals surface area contributed by atoms with Crippen LogP contribution < -0.4 is 11.3 Å². The lowest BCUT2D eigenvalue weighted by molar-refractivity contribution is 0.369. The highest BCUT2D eigenvalue weighted by atomic mass is 16.1. The molecular formula is C13H20N2O. The van der Waals surface area contributed by atoms with Crippen LogP contribution in [0.5, 0.6) is 0 Å². The highest BCUT2D eigenvalue weighted by Crippen LogP contribution is 2.40. The smallest absolute Gasteiger partial charge is 0.255 e. The molecule has 1 fully saturated rings. The summed E-state index contributed by atoms with van der Waals surface area (Å²) in [5.41, 5.74) is 7.39. The van der Waals surface area contributed by atoms with Crippen molar-refractivity contribution in [3.05, 3.63) is 33.7 Å². The molecule has 3 heteroatoms. The fourth-order valence-corrected chi connectivity index (χ4v) is 2.14. The van der Waals surface area contributed by atoms with Crippen LogP contribution in [0.3, 0.4) is 0 Å². The molecule has 0 amide bonds. The van der Waals surface area contributed by atoms with Crippen molar-refractivity contribution in [1.82, 2.24) is 4.57 Å². The van der Waals surface area contributed by atoms with Gasteiger partial charge in [0.05, 0.1) is 0 Å². The predicted octanol–water partition coefficient (Wildman–Crippen LogP) is 1.94. The first-order valence-corrected chi connectivity index (χ1v) is 5.90. The molecule has 1 aliphatic carbocycles. The van der Waals surface area contributed by atoms with Gasteiger partial charge in [0.1, 0.15) is 0 Å². The van der Waals surface area contributed by atoms with E-state index in [1.165, 1.54) is 18.5 Å². The SMILES string of the molecule is CC(C)(C)n1c(C2CC2)ccc(CN)c1=O. The molecule has 0 atom stereocenters. The number of nitrogens with zero attached hydrogens (tertiary/aromatic N) is 1. The van der Waals surface area contributed by atoms with Gasteiger partial charge in [0.25, 0.3) is 5.56 Å². The topological polar surface area (TPSA) is 48.0 Å². The van der Waals surface area contributed by atoms with Gasteiger partial charge in [-0.2, -0.15) is 0 Å². The van der Waals surface area contributed by atoms with Gasteiger partial charge in [-0.1, -0.05) is 6.07 Å². The predicted molar refractivity (Wildman–Crippen MR) is 65.6 cm³/mol. The fraction of sp³-hybridized carbons (Fsp3) is 0.615. The Labute approximate surface area is 96.3 Å². The highest BCUT2D eigenvalue weighted by molar-refractivity contribution is 5.23. The lowest BCUT2D eigenvalue weighted by atomic mass is 10.0. The molecule has 0 aromatic carbocycles. The average Bonchev–Trinajstić information content (AvgIpc) is 2.98. The third kappa shape index (κ3) is 1.92. The van der Waals surface area contributed by atoms with Crippen LogP contribution in [0.25, 0.3) is 0 Å². The monoisotopic (exact) mass is 220 g/mol. The average molecular weight is 220 g/mol. The lowest BCUT2D eigenvalue weighted by Crippen LogP contribution is -2.38. The molecule has 1 aromatic heterocycles. The summed E-state index contributed by atoms with van der Waals surface area (Å²) in [6, 6.07) is 3.96. The Morgan fingerprint density at radius 3 is 2.44 bits per heavy atom. The number of rotatable bonds is 2. The first kappa shape index (κ1) is 11.4. The Morgan fingerprint density at radius 2 is 2.00 bits per heavy atom. The maximum atomic E-state index is 12.3. The van der Waals surface area contributed by atoms with Crippen molar-refractivity contribution in [2.75, 3.05) is 0 Å². The van der Waals surface area contributed by atoms with Gasteiger partial charge >= 0.3 is 0 Å². The molecule has 0 aliphatic heterocycles. The van der Waals surface area contributed by atoms with Crippen LogP contribution in [0, 0.1) is 0 Å². The summed E-state index contributed by atoms with van der Waals surface area (Å²) in [4.78, 5) is 12.3. The second kappa shape index (κ2) is 3.74. The van der Waals surface area contributed by atoms with E-state index in [-0.39, 0.29) is 11.1 Å². The second-order valence-electron chi connectivity index (χ2n) is 5.57. The van der Waals surface area contributed by atoms with Crippen molar-refractivity contribution in [3.8, 4) is 0 Å². The van der Waals surface area contributed by atoms with Gasteiger partial charge in [-0.05, 0) is 45.6 Å². The van der Waals surface area contributed by atoms with Gasteiger partial charge in [-0.3, -0.25) is 4.79 Å². The minimum atomic E-state index is -0.166. The van der Waals surface area contributed by atoms with Gasteiger partial charge in [-0.25, -0.2) is 0 Å². The molecule has 1 heterocycles. The molecule has 88 valence electrons.